The summed E-state index contributed by atoms with van der Waals surface area (Å²) < 4.78 is 17.1. The zero-order valence-electron chi connectivity index (χ0n) is 37.4. The Morgan fingerprint density at radius 3 is 1.37 bits per heavy atom. The third-order valence-electron chi connectivity index (χ3n) is 14.6. The predicted octanol–water partition coefficient (Wildman–Crippen LogP) is 17.2. The van der Waals surface area contributed by atoms with Crippen molar-refractivity contribution in [3.05, 3.63) is 217 Å². The Hall–Kier alpha value is -9.70. The fourth-order valence-electron chi connectivity index (χ4n) is 11.5. The van der Waals surface area contributed by atoms with Crippen LogP contribution in [0.15, 0.2) is 215 Å². The van der Waals surface area contributed by atoms with Crippen LogP contribution in [0.5, 0.6) is 0 Å². The molecule has 15 aromatic rings. The molecule has 15 rings (SSSR count). The number of nitrogens with zero attached hydrogens (tertiary/aromatic N) is 3. The van der Waals surface area contributed by atoms with Gasteiger partial charge in [-0.15, -0.1) is 0 Å². The number of furan rings is 2. The quantitative estimate of drug-likeness (QED) is 0.175. The summed E-state index contributed by atoms with van der Waals surface area (Å²) in [5.41, 5.74) is 14.2. The van der Waals surface area contributed by atoms with E-state index >= 15 is 0 Å². The van der Waals surface area contributed by atoms with Crippen LogP contribution in [0.2, 0.25) is 0 Å². The Kier molecular flexibility index (Phi) is 7.90. The van der Waals surface area contributed by atoms with Crippen LogP contribution in [0.4, 0.5) is 0 Å². The molecule has 6 nitrogen and oxygen atoms in total. The molecule has 4 heterocycles. The standard InChI is InChI=1S/C64H36N4O2/c65-35-43-29-45(67-54-25-21-39(31-52(54)62-46-11-3-1-9-37(46)19-27-56(62)67)41-17-23-50-48-13-5-7-15-58(48)69-60(50)33-41)30-44(36-66)64(43)68-55-26-22-40(32-53(55)63-47-12-4-2-10-38(47)20-28-57(63)68)42-18-24-51-49-14-6-8-16-59(49)70-61(51)34-42/h1-35,65H. The number of fused-ring (bicyclic) bond motifs is 16. The normalized spacial score (nSPS) is 12.0. The monoisotopic (exact) mass is 892 g/mol. The zero-order valence-corrected chi connectivity index (χ0v) is 37.4. The fourth-order valence-corrected chi connectivity index (χ4v) is 11.5. The molecule has 11 aromatic carbocycles. The molecule has 0 aliphatic carbocycles. The van der Waals surface area contributed by atoms with Gasteiger partial charge in [-0.05, 0) is 129 Å². The molecule has 0 atom stereocenters. The number of hydrogen-bond donors (Lipinski definition) is 1. The summed E-state index contributed by atoms with van der Waals surface area (Å²) in [4.78, 5) is 0. The van der Waals surface area contributed by atoms with Crippen molar-refractivity contribution in [2.45, 2.75) is 0 Å². The van der Waals surface area contributed by atoms with Gasteiger partial charge in [0.15, 0.2) is 0 Å². The molecule has 0 radical (unpaired) electrons. The van der Waals surface area contributed by atoms with Crippen LogP contribution >= 0.6 is 0 Å². The second-order valence-corrected chi connectivity index (χ2v) is 18.3. The first kappa shape index (κ1) is 38.4. The Labute approximate surface area is 399 Å². The van der Waals surface area contributed by atoms with Crippen LogP contribution in [-0.4, -0.2) is 15.3 Å². The number of hydrogen-bond acceptors (Lipinski definition) is 4. The van der Waals surface area contributed by atoms with Crippen LogP contribution in [0.25, 0.3) is 143 Å². The highest BCUT2D eigenvalue weighted by Gasteiger charge is 2.23. The number of nitrogens with one attached hydrogen (secondary N) is 1. The number of nitriles is 1. The lowest BCUT2D eigenvalue weighted by Gasteiger charge is -2.17. The van der Waals surface area contributed by atoms with E-state index in [9.17, 15) is 5.26 Å². The molecule has 0 aliphatic heterocycles. The highest BCUT2D eigenvalue weighted by molar-refractivity contribution is 6.24. The van der Waals surface area contributed by atoms with Gasteiger partial charge in [-0.25, -0.2) is 0 Å². The average molecular weight is 893 g/mol. The van der Waals surface area contributed by atoms with Gasteiger partial charge in [-0.3, -0.25) is 0 Å². The minimum absolute atomic E-state index is 0.467. The smallest absolute Gasteiger partial charge is 0.136 e. The number of benzene rings is 11. The van der Waals surface area contributed by atoms with E-state index in [1.165, 1.54) is 6.21 Å². The van der Waals surface area contributed by atoms with Crippen molar-refractivity contribution in [1.82, 2.24) is 9.13 Å². The van der Waals surface area contributed by atoms with Gasteiger partial charge < -0.3 is 23.4 Å². The second kappa shape index (κ2) is 14.4. The minimum Gasteiger partial charge on any atom is -0.456 e. The van der Waals surface area contributed by atoms with Crippen molar-refractivity contribution in [1.29, 1.82) is 10.7 Å². The summed E-state index contributed by atoms with van der Waals surface area (Å²) in [7, 11) is 0. The molecule has 324 valence electrons. The average Bonchev–Trinajstić information content (AvgIpc) is 4.17. The maximum absolute atomic E-state index is 11.3. The molecule has 0 aliphatic rings. The van der Waals surface area contributed by atoms with Gasteiger partial charge in [0.05, 0.1) is 33.3 Å². The summed E-state index contributed by atoms with van der Waals surface area (Å²) >= 11 is 0. The summed E-state index contributed by atoms with van der Waals surface area (Å²) in [6, 6.07) is 74.8. The maximum Gasteiger partial charge on any atom is 0.136 e. The number of rotatable bonds is 5. The van der Waals surface area contributed by atoms with Crippen molar-refractivity contribution >= 4 is 115 Å². The van der Waals surface area contributed by atoms with Gasteiger partial charge >= 0.3 is 0 Å². The molecule has 70 heavy (non-hydrogen) atoms. The third kappa shape index (κ3) is 5.40. The van der Waals surface area contributed by atoms with Gasteiger partial charge in [-0.1, -0.05) is 121 Å². The highest BCUT2D eigenvalue weighted by Crippen LogP contribution is 2.44. The first-order valence-corrected chi connectivity index (χ1v) is 23.4. The van der Waals surface area contributed by atoms with Crippen molar-refractivity contribution in [2.24, 2.45) is 0 Å². The molecule has 0 saturated carbocycles. The van der Waals surface area contributed by atoms with E-state index in [-0.39, 0.29) is 0 Å². The number of para-hydroxylation sites is 2. The lowest BCUT2D eigenvalue weighted by atomic mass is 9.99. The van der Waals surface area contributed by atoms with Crippen molar-refractivity contribution < 1.29 is 8.83 Å². The van der Waals surface area contributed by atoms with Crippen LogP contribution in [0.1, 0.15) is 11.1 Å². The highest BCUT2D eigenvalue weighted by atomic mass is 16.3. The van der Waals surface area contributed by atoms with E-state index < -0.39 is 0 Å². The summed E-state index contributed by atoms with van der Waals surface area (Å²) in [5.74, 6) is 0. The Bertz CT molecular complexity index is 4820. The molecule has 0 bridgehead atoms. The van der Waals surface area contributed by atoms with Crippen LogP contribution in [0.3, 0.4) is 0 Å². The van der Waals surface area contributed by atoms with Crippen molar-refractivity contribution in [3.8, 4) is 39.7 Å². The van der Waals surface area contributed by atoms with Gasteiger partial charge in [0.1, 0.15) is 28.4 Å². The first-order valence-electron chi connectivity index (χ1n) is 23.4. The molecule has 0 amide bonds. The van der Waals surface area contributed by atoms with Gasteiger partial charge in [0, 0.05) is 60.6 Å². The molecule has 0 fully saturated rings. The zero-order chi connectivity index (χ0) is 46.2. The molecule has 0 unspecified atom stereocenters. The molecular weight excluding hydrogens is 857 g/mol. The predicted molar refractivity (Wildman–Crippen MR) is 288 cm³/mol. The van der Waals surface area contributed by atoms with Crippen LogP contribution in [-0.2, 0) is 0 Å². The molecule has 4 aromatic heterocycles. The lowest BCUT2D eigenvalue weighted by molar-refractivity contribution is 0.668. The van der Waals surface area contributed by atoms with Gasteiger partial charge in [-0.2, -0.15) is 5.26 Å². The molecule has 1 N–H and O–H groups in total. The Balaban J connectivity index is 0.943. The van der Waals surface area contributed by atoms with E-state index in [0.717, 1.165) is 137 Å². The van der Waals surface area contributed by atoms with E-state index in [2.05, 4.69) is 179 Å². The lowest BCUT2D eigenvalue weighted by Crippen LogP contribution is -2.06. The molecule has 6 heteroatoms. The minimum atomic E-state index is 0.467. The molecule has 0 spiro atoms. The molecule has 0 saturated heterocycles. The van der Waals surface area contributed by atoms with Crippen molar-refractivity contribution in [2.75, 3.05) is 0 Å². The van der Waals surface area contributed by atoms with Gasteiger partial charge in [0.25, 0.3) is 0 Å². The first-order chi connectivity index (χ1) is 34.6. The van der Waals surface area contributed by atoms with Crippen LogP contribution in [0, 0.1) is 16.7 Å². The van der Waals surface area contributed by atoms with Crippen molar-refractivity contribution in [3.63, 3.8) is 0 Å². The topological polar surface area (TPSA) is 83.8 Å². The van der Waals surface area contributed by atoms with E-state index in [4.69, 9.17) is 14.2 Å². The maximum atomic E-state index is 11.3. The van der Waals surface area contributed by atoms with Gasteiger partial charge in [0.2, 0.25) is 0 Å². The Morgan fingerprint density at radius 2 is 0.829 bits per heavy atom. The van der Waals surface area contributed by atoms with E-state index in [0.29, 0.717) is 16.8 Å². The van der Waals surface area contributed by atoms with E-state index in [1.54, 1.807) is 0 Å². The second-order valence-electron chi connectivity index (χ2n) is 18.3. The summed E-state index contributed by atoms with van der Waals surface area (Å²) in [6.07, 6.45) is 1.39. The van der Waals surface area contributed by atoms with E-state index in [1.807, 2.05) is 42.5 Å². The largest absolute Gasteiger partial charge is 0.456 e. The third-order valence-corrected chi connectivity index (χ3v) is 14.6. The Morgan fingerprint density at radius 1 is 0.386 bits per heavy atom. The fraction of sp³-hybridized carbons (Fsp3) is 0. The SMILES string of the molecule is N#Cc1cc(-n2c3ccc(-c4ccc5c(c4)oc4ccccc45)cc3c3c4ccccc4ccc32)cc(C=N)c1-n1c2ccc(-c3ccc4c(c3)oc3ccccc34)cc2c2c3ccccc3ccc21. The van der Waals surface area contributed by atoms with Crippen LogP contribution < -0.4 is 0 Å². The number of aromatic nitrogens is 2. The summed E-state index contributed by atoms with van der Waals surface area (Å²) in [5, 5.41) is 33.7. The summed E-state index contributed by atoms with van der Waals surface area (Å²) in [6.45, 7) is 0. The molecular formula is C64H36N4O2.